The first-order valence-corrected chi connectivity index (χ1v) is 7.23. The Kier molecular flexibility index (Phi) is 4.11. The Morgan fingerprint density at radius 1 is 0.917 bits per heavy atom. The fourth-order valence-corrected chi connectivity index (χ4v) is 2.61. The van der Waals surface area contributed by atoms with Gasteiger partial charge in [-0.25, -0.2) is 9.59 Å². The van der Waals surface area contributed by atoms with Gasteiger partial charge in [-0.15, -0.1) is 0 Å². The highest BCUT2D eigenvalue weighted by atomic mass is 16.5. The van der Waals surface area contributed by atoms with Gasteiger partial charge in [0.25, 0.3) is 5.91 Å². The molecule has 120 valence electrons. The smallest absolute Gasteiger partial charge is 0.339 e. The van der Waals surface area contributed by atoms with E-state index in [0.717, 1.165) is 21.5 Å². The van der Waals surface area contributed by atoms with Crippen LogP contribution in [-0.2, 0) is 9.53 Å². The standard InChI is InChI=1S/C18H14N2O4/c19-18(23)20-15(21)10-24-17(22)16-13-7-3-1-5-11(13)9-12-6-2-4-8-14(12)16/h1-9H,10H2,(H3,19,20,21,23). The fourth-order valence-electron chi connectivity index (χ4n) is 2.61. The Morgan fingerprint density at radius 2 is 1.46 bits per heavy atom. The molecule has 0 unspecified atom stereocenters. The van der Waals surface area contributed by atoms with Gasteiger partial charge in [0.05, 0.1) is 5.56 Å². The molecular weight excluding hydrogens is 308 g/mol. The molecule has 24 heavy (non-hydrogen) atoms. The number of ether oxygens (including phenoxy) is 1. The lowest BCUT2D eigenvalue weighted by molar-refractivity contribution is -0.123. The van der Waals surface area contributed by atoms with Gasteiger partial charge in [-0.1, -0.05) is 48.5 Å². The summed E-state index contributed by atoms with van der Waals surface area (Å²) in [5.41, 5.74) is 5.23. The molecule has 3 rings (SSSR count). The molecular formula is C18H14N2O4. The molecule has 0 spiro atoms. The molecule has 3 N–H and O–H groups in total. The minimum atomic E-state index is -0.994. The molecule has 0 atom stereocenters. The van der Waals surface area contributed by atoms with E-state index in [1.165, 1.54) is 0 Å². The van der Waals surface area contributed by atoms with Crippen LogP contribution in [0.25, 0.3) is 21.5 Å². The molecule has 0 saturated carbocycles. The Labute approximate surface area is 137 Å². The maximum atomic E-state index is 12.5. The lowest BCUT2D eigenvalue weighted by atomic mass is 9.97. The van der Waals surface area contributed by atoms with E-state index in [1.807, 2.05) is 59.9 Å². The minimum absolute atomic E-state index is 0.385. The zero-order valence-corrected chi connectivity index (χ0v) is 12.6. The number of benzene rings is 3. The second-order valence-corrected chi connectivity index (χ2v) is 5.18. The van der Waals surface area contributed by atoms with E-state index in [-0.39, 0.29) is 0 Å². The van der Waals surface area contributed by atoms with E-state index in [0.29, 0.717) is 5.56 Å². The van der Waals surface area contributed by atoms with Crippen molar-refractivity contribution in [2.45, 2.75) is 0 Å². The van der Waals surface area contributed by atoms with Crippen molar-refractivity contribution in [2.24, 2.45) is 5.73 Å². The topological polar surface area (TPSA) is 98.5 Å². The number of urea groups is 1. The Hall–Kier alpha value is -3.41. The van der Waals surface area contributed by atoms with E-state index < -0.39 is 24.5 Å². The van der Waals surface area contributed by atoms with Crippen LogP contribution in [0, 0.1) is 0 Å². The average Bonchev–Trinajstić information content (AvgIpc) is 2.57. The van der Waals surface area contributed by atoms with Gasteiger partial charge in [-0.05, 0) is 27.6 Å². The third-order valence-corrected chi connectivity index (χ3v) is 3.57. The van der Waals surface area contributed by atoms with Crippen molar-refractivity contribution >= 4 is 39.5 Å². The predicted octanol–water partition coefficient (Wildman–Crippen LogP) is 2.34. The molecule has 6 heteroatoms. The molecule has 3 amide bonds. The van der Waals surface area contributed by atoms with E-state index in [9.17, 15) is 14.4 Å². The predicted molar refractivity (Wildman–Crippen MR) is 89.5 cm³/mol. The summed E-state index contributed by atoms with van der Waals surface area (Å²) >= 11 is 0. The summed E-state index contributed by atoms with van der Waals surface area (Å²) in [4.78, 5) is 34.6. The number of nitrogens with two attached hydrogens (primary N) is 1. The van der Waals surface area contributed by atoms with Crippen molar-refractivity contribution in [1.82, 2.24) is 5.32 Å². The third-order valence-electron chi connectivity index (χ3n) is 3.57. The first-order chi connectivity index (χ1) is 11.6. The number of imide groups is 1. The van der Waals surface area contributed by atoms with Gasteiger partial charge in [0.15, 0.2) is 6.61 Å². The van der Waals surface area contributed by atoms with Crippen LogP contribution >= 0.6 is 0 Å². The molecule has 0 radical (unpaired) electrons. The van der Waals surface area contributed by atoms with Gasteiger partial charge in [0.2, 0.25) is 0 Å². The van der Waals surface area contributed by atoms with Crippen LogP contribution in [0.15, 0.2) is 54.6 Å². The number of primary amides is 1. The van der Waals surface area contributed by atoms with Gasteiger partial charge >= 0.3 is 12.0 Å². The molecule has 3 aromatic rings. The second kappa shape index (κ2) is 6.37. The molecule has 0 aromatic heterocycles. The Bertz CT molecular complexity index is 912. The Balaban J connectivity index is 2.01. The van der Waals surface area contributed by atoms with E-state index >= 15 is 0 Å². The fraction of sp³-hybridized carbons (Fsp3) is 0.0556. The monoisotopic (exact) mass is 322 g/mol. The number of esters is 1. The van der Waals surface area contributed by atoms with Crippen LogP contribution in [0.5, 0.6) is 0 Å². The summed E-state index contributed by atoms with van der Waals surface area (Å²) in [6, 6.07) is 15.9. The van der Waals surface area contributed by atoms with Gasteiger partial charge in [0, 0.05) is 0 Å². The maximum absolute atomic E-state index is 12.5. The molecule has 0 heterocycles. The molecule has 0 fully saturated rings. The number of hydrogen-bond acceptors (Lipinski definition) is 4. The van der Waals surface area contributed by atoms with Crippen LogP contribution in [0.2, 0.25) is 0 Å². The molecule has 0 aliphatic rings. The van der Waals surface area contributed by atoms with E-state index in [1.54, 1.807) is 0 Å². The zero-order valence-electron chi connectivity index (χ0n) is 12.6. The molecule has 3 aromatic carbocycles. The minimum Gasteiger partial charge on any atom is -0.452 e. The quantitative estimate of drug-likeness (QED) is 0.571. The van der Waals surface area contributed by atoms with Crippen molar-refractivity contribution in [2.75, 3.05) is 6.61 Å². The number of rotatable bonds is 3. The number of nitrogens with one attached hydrogen (secondary N) is 1. The van der Waals surface area contributed by atoms with Crippen molar-refractivity contribution < 1.29 is 19.1 Å². The van der Waals surface area contributed by atoms with Gasteiger partial charge < -0.3 is 10.5 Å². The van der Waals surface area contributed by atoms with Gasteiger partial charge in [0.1, 0.15) is 0 Å². The van der Waals surface area contributed by atoms with Crippen LogP contribution in [0.3, 0.4) is 0 Å². The average molecular weight is 322 g/mol. The summed E-state index contributed by atoms with van der Waals surface area (Å²) in [5, 5.41) is 5.10. The molecule has 6 nitrogen and oxygen atoms in total. The second-order valence-electron chi connectivity index (χ2n) is 5.18. The van der Waals surface area contributed by atoms with Crippen molar-refractivity contribution in [3.8, 4) is 0 Å². The van der Waals surface area contributed by atoms with Crippen molar-refractivity contribution in [3.05, 3.63) is 60.2 Å². The highest BCUT2D eigenvalue weighted by Crippen LogP contribution is 2.28. The zero-order chi connectivity index (χ0) is 17.1. The first-order valence-electron chi connectivity index (χ1n) is 7.23. The number of amides is 3. The SMILES string of the molecule is NC(=O)NC(=O)COC(=O)c1c2ccccc2cc2ccccc12. The van der Waals surface area contributed by atoms with Crippen molar-refractivity contribution in [1.29, 1.82) is 0 Å². The third kappa shape index (κ3) is 3.03. The normalized spacial score (nSPS) is 10.5. The van der Waals surface area contributed by atoms with Gasteiger partial charge in [-0.2, -0.15) is 0 Å². The number of fused-ring (bicyclic) bond motifs is 2. The Morgan fingerprint density at radius 3 is 2.00 bits per heavy atom. The molecule has 0 bridgehead atoms. The van der Waals surface area contributed by atoms with Crippen LogP contribution < -0.4 is 11.1 Å². The molecule has 0 saturated heterocycles. The number of carbonyl (C=O) groups excluding carboxylic acids is 3. The van der Waals surface area contributed by atoms with Crippen LogP contribution in [0.1, 0.15) is 10.4 Å². The lowest BCUT2D eigenvalue weighted by Crippen LogP contribution is -2.37. The largest absolute Gasteiger partial charge is 0.452 e. The van der Waals surface area contributed by atoms with Crippen LogP contribution in [-0.4, -0.2) is 24.5 Å². The summed E-state index contributed by atoms with van der Waals surface area (Å²) in [5.74, 6) is -1.41. The maximum Gasteiger partial charge on any atom is 0.339 e. The number of carbonyl (C=O) groups is 3. The van der Waals surface area contributed by atoms with E-state index in [2.05, 4.69) is 0 Å². The summed E-state index contributed by atoms with van der Waals surface area (Å²) in [7, 11) is 0. The van der Waals surface area contributed by atoms with Crippen molar-refractivity contribution in [3.63, 3.8) is 0 Å². The highest BCUT2D eigenvalue weighted by Gasteiger charge is 2.17. The molecule has 0 aliphatic heterocycles. The highest BCUT2D eigenvalue weighted by molar-refractivity contribution is 6.16. The number of hydrogen-bond donors (Lipinski definition) is 2. The van der Waals surface area contributed by atoms with Gasteiger partial charge in [-0.3, -0.25) is 10.1 Å². The summed E-state index contributed by atoms with van der Waals surface area (Å²) in [6.07, 6.45) is 0. The van der Waals surface area contributed by atoms with Crippen LogP contribution in [0.4, 0.5) is 4.79 Å². The summed E-state index contributed by atoms with van der Waals surface area (Å²) in [6.45, 7) is -0.584. The lowest BCUT2D eigenvalue weighted by Gasteiger charge is -2.11. The first kappa shape index (κ1) is 15.5. The van der Waals surface area contributed by atoms with E-state index in [4.69, 9.17) is 10.5 Å². The summed E-state index contributed by atoms with van der Waals surface area (Å²) < 4.78 is 5.05. The molecule has 0 aliphatic carbocycles.